The number of anilines is 1. The van der Waals surface area contributed by atoms with Crippen molar-refractivity contribution in [2.24, 2.45) is 0 Å². The van der Waals surface area contributed by atoms with Crippen LogP contribution in [0.1, 0.15) is 49.8 Å². The highest BCUT2D eigenvalue weighted by molar-refractivity contribution is 6.01. The first-order valence-corrected chi connectivity index (χ1v) is 14.1. The van der Waals surface area contributed by atoms with Crippen LogP contribution >= 0.6 is 0 Å². The van der Waals surface area contributed by atoms with Crippen LogP contribution in [0.3, 0.4) is 0 Å². The number of rotatable bonds is 4. The van der Waals surface area contributed by atoms with Gasteiger partial charge in [-0.2, -0.15) is 13.2 Å². The molecule has 0 aliphatic carbocycles. The topological polar surface area (TPSA) is 106 Å². The third kappa shape index (κ3) is 7.59. The Kier molecular flexibility index (Phi) is 10.2. The van der Waals surface area contributed by atoms with Gasteiger partial charge in [-0.1, -0.05) is 12.1 Å². The van der Waals surface area contributed by atoms with Crippen molar-refractivity contribution in [2.45, 2.75) is 63.2 Å². The Bertz CT molecular complexity index is 1320. The molecule has 9 nitrogen and oxygen atoms in total. The summed E-state index contributed by atoms with van der Waals surface area (Å²) >= 11 is 0. The lowest BCUT2D eigenvalue weighted by Crippen LogP contribution is -2.55. The Labute approximate surface area is 245 Å². The van der Waals surface area contributed by atoms with Crippen LogP contribution in [0.5, 0.6) is 0 Å². The number of hydrogen-bond donors (Lipinski definition) is 2. The molecule has 2 aromatic rings. The van der Waals surface area contributed by atoms with E-state index < -0.39 is 54.8 Å². The first-order valence-electron chi connectivity index (χ1n) is 14.1. The van der Waals surface area contributed by atoms with Crippen LogP contribution in [0.4, 0.5) is 32.4 Å². The summed E-state index contributed by atoms with van der Waals surface area (Å²) in [5.74, 6) is -4.15. The summed E-state index contributed by atoms with van der Waals surface area (Å²) in [7, 11) is 0. The van der Waals surface area contributed by atoms with Gasteiger partial charge in [0, 0.05) is 44.4 Å². The molecule has 1 aromatic carbocycles. The van der Waals surface area contributed by atoms with Gasteiger partial charge in [-0.25, -0.2) is 13.6 Å². The van der Waals surface area contributed by atoms with Gasteiger partial charge in [-0.3, -0.25) is 14.6 Å². The molecule has 1 aromatic heterocycles. The van der Waals surface area contributed by atoms with E-state index in [2.05, 4.69) is 10.3 Å². The summed E-state index contributed by atoms with van der Waals surface area (Å²) in [4.78, 5) is 46.8. The molecule has 14 heteroatoms. The van der Waals surface area contributed by atoms with E-state index in [4.69, 9.17) is 5.11 Å². The van der Waals surface area contributed by atoms with Crippen LogP contribution in [0.2, 0.25) is 0 Å². The molecule has 0 spiro atoms. The number of aromatic nitrogens is 1. The number of aliphatic hydroxyl groups excluding tert-OH is 1. The summed E-state index contributed by atoms with van der Waals surface area (Å²) < 4.78 is 68.3. The van der Waals surface area contributed by atoms with Crippen molar-refractivity contribution in [2.75, 3.05) is 37.7 Å². The number of nitrogens with one attached hydrogen (secondary N) is 1. The molecule has 1 unspecified atom stereocenters. The maximum Gasteiger partial charge on any atom is 0.406 e. The Morgan fingerprint density at radius 1 is 1.07 bits per heavy atom. The predicted molar refractivity (Wildman–Crippen MR) is 146 cm³/mol. The molecule has 4 heterocycles. The van der Waals surface area contributed by atoms with Crippen LogP contribution in [0.25, 0.3) is 0 Å². The Morgan fingerprint density at radius 2 is 1.77 bits per heavy atom. The number of amides is 4. The van der Waals surface area contributed by atoms with Gasteiger partial charge in [-0.05, 0) is 56.4 Å². The third-order valence-electron chi connectivity index (χ3n) is 7.77. The SMILES string of the molecule is CCO.O=C(N[C@@H]1CCC(c2cccc(F)c2F)CN(CC(F)(F)F)C1=O)N1CCC(N2C(=O)Cc3ncccc32)CC1. The number of fused-ring (bicyclic) bond motifs is 1. The number of carbonyl (C=O) groups excluding carboxylic acids is 3. The number of aliphatic hydroxyl groups is 1. The number of alkyl halides is 3. The highest BCUT2D eigenvalue weighted by Crippen LogP contribution is 2.33. The number of likely N-dealkylation sites (tertiary alicyclic amines) is 2. The zero-order valence-electron chi connectivity index (χ0n) is 23.6. The van der Waals surface area contributed by atoms with Crippen LogP contribution in [0, 0.1) is 11.6 Å². The number of urea groups is 1. The fraction of sp³-hybridized carbons (Fsp3) is 0.517. The Morgan fingerprint density at radius 3 is 2.44 bits per heavy atom. The van der Waals surface area contributed by atoms with E-state index in [1.54, 1.807) is 24.1 Å². The van der Waals surface area contributed by atoms with Gasteiger partial charge < -0.3 is 25.1 Å². The highest BCUT2D eigenvalue weighted by Gasteiger charge is 2.41. The largest absolute Gasteiger partial charge is 0.406 e. The normalized spacial score (nSPS) is 21.2. The molecular weight excluding hydrogens is 577 g/mol. The van der Waals surface area contributed by atoms with Crippen LogP contribution in [-0.4, -0.2) is 88.8 Å². The predicted octanol–water partition coefficient (Wildman–Crippen LogP) is 3.76. The van der Waals surface area contributed by atoms with Crippen LogP contribution in [0.15, 0.2) is 36.5 Å². The van der Waals surface area contributed by atoms with Crippen molar-refractivity contribution in [3.63, 3.8) is 0 Å². The van der Waals surface area contributed by atoms with Gasteiger partial charge in [0.05, 0.1) is 17.8 Å². The van der Waals surface area contributed by atoms with Crippen LogP contribution in [-0.2, 0) is 16.0 Å². The van der Waals surface area contributed by atoms with Crippen molar-refractivity contribution >= 4 is 23.5 Å². The quantitative estimate of drug-likeness (QED) is 0.513. The molecule has 3 aliphatic heterocycles. The zero-order valence-corrected chi connectivity index (χ0v) is 23.6. The van der Waals surface area contributed by atoms with Gasteiger partial charge in [0.15, 0.2) is 11.6 Å². The van der Waals surface area contributed by atoms with E-state index in [9.17, 15) is 36.3 Å². The monoisotopic (exact) mass is 611 g/mol. The number of pyridine rings is 1. The molecule has 0 bridgehead atoms. The molecule has 4 amide bonds. The summed E-state index contributed by atoms with van der Waals surface area (Å²) in [5, 5.41) is 10.1. The van der Waals surface area contributed by atoms with Crippen LogP contribution < -0.4 is 10.2 Å². The zero-order chi connectivity index (χ0) is 31.3. The van der Waals surface area contributed by atoms with Crippen molar-refractivity contribution in [1.29, 1.82) is 0 Å². The molecule has 3 aliphatic rings. The lowest BCUT2D eigenvalue weighted by molar-refractivity contribution is -0.162. The molecule has 0 saturated carbocycles. The minimum atomic E-state index is -4.72. The fourth-order valence-electron chi connectivity index (χ4n) is 5.86. The lowest BCUT2D eigenvalue weighted by atomic mass is 9.93. The van der Waals surface area contributed by atoms with E-state index in [0.717, 1.165) is 11.8 Å². The van der Waals surface area contributed by atoms with E-state index in [0.29, 0.717) is 23.4 Å². The number of piperidine rings is 1. The fourth-order valence-corrected chi connectivity index (χ4v) is 5.86. The summed E-state index contributed by atoms with van der Waals surface area (Å²) in [5.41, 5.74) is 1.36. The van der Waals surface area contributed by atoms with E-state index in [-0.39, 0.29) is 56.5 Å². The van der Waals surface area contributed by atoms with Gasteiger partial charge in [0.2, 0.25) is 11.8 Å². The highest BCUT2D eigenvalue weighted by atomic mass is 19.4. The smallest absolute Gasteiger partial charge is 0.397 e. The van der Waals surface area contributed by atoms with E-state index >= 15 is 0 Å². The second-order valence-electron chi connectivity index (χ2n) is 10.7. The molecule has 5 rings (SSSR count). The summed E-state index contributed by atoms with van der Waals surface area (Å²) in [6, 6.07) is 5.07. The van der Waals surface area contributed by atoms with Gasteiger partial charge >= 0.3 is 12.2 Å². The number of benzene rings is 1. The standard InChI is InChI=1S/C27H28F5N5O3.C2H6O/c28-19-4-1-3-18(24(19)29)16-6-7-20(25(39)36(14-16)15-27(30,31)32)34-26(40)35-11-8-17(9-12-35)37-22-5-2-10-33-21(22)13-23(37)38;1-2-3/h1-5,10,16-17,20H,6-9,11-15H2,(H,34,40);3H,2H2,1H3/t16?,20-;/m1./s1. The van der Waals surface area contributed by atoms with Crippen molar-refractivity contribution in [3.05, 3.63) is 59.4 Å². The second kappa shape index (κ2) is 13.7. The molecule has 2 fully saturated rings. The molecule has 2 saturated heterocycles. The first kappa shape index (κ1) is 32.1. The Balaban J connectivity index is 0.00000135. The van der Waals surface area contributed by atoms with E-state index in [1.165, 1.54) is 17.0 Å². The van der Waals surface area contributed by atoms with Crippen molar-refractivity contribution in [1.82, 2.24) is 20.1 Å². The maximum absolute atomic E-state index is 14.5. The molecule has 43 heavy (non-hydrogen) atoms. The Hall–Kier alpha value is -3.81. The maximum atomic E-state index is 14.5. The van der Waals surface area contributed by atoms with Crippen molar-refractivity contribution in [3.8, 4) is 0 Å². The molecular formula is C29H34F5N5O4. The summed E-state index contributed by atoms with van der Waals surface area (Å²) in [6.07, 6.45) is -1.89. The van der Waals surface area contributed by atoms with E-state index in [1.807, 2.05) is 6.07 Å². The average Bonchev–Trinajstić information content (AvgIpc) is 3.22. The van der Waals surface area contributed by atoms with Gasteiger partial charge in [0.25, 0.3) is 0 Å². The van der Waals surface area contributed by atoms with Gasteiger partial charge in [0.1, 0.15) is 12.6 Å². The number of carbonyl (C=O) groups is 3. The first-order chi connectivity index (χ1) is 20.4. The lowest BCUT2D eigenvalue weighted by Gasteiger charge is -2.37. The average molecular weight is 612 g/mol. The molecule has 0 radical (unpaired) electrons. The minimum absolute atomic E-state index is 0.0396. The molecule has 234 valence electrons. The summed E-state index contributed by atoms with van der Waals surface area (Å²) in [6.45, 7) is 0.453. The minimum Gasteiger partial charge on any atom is -0.397 e. The molecule has 2 N–H and O–H groups in total. The number of halogens is 5. The number of nitrogens with zero attached hydrogens (tertiary/aromatic N) is 4. The molecule has 2 atom stereocenters. The van der Waals surface area contributed by atoms with Gasteiger partial charge in [-0.15, -0.1) is 0 Å². The third-order valence-corrected chi connectivity index (χ3v) is 7.77. The number of hydrogen-bond acceptors (Lipinski definition) is 5. The van der Waals surface area contributed by atoms with Crippen molar-refractivity contribution < 1.29 is 41.4 Å². The second-order valence-corrected chi connectivity index (χ2v) is 10.7.